The Hall–Kier alpha value is -3.65. The number of aryl methyl sites for hydroxylation is 1. The van der Waals surface area contributed by atoms with E-state index in [2.05, 4.69) is 21.0 Å². The molecular weight excluding hydrogens is 512 g/mol. The van der Waals surface area contributed by atoms with Crippen molar-refractivity contribution < 1.29 is 28.1 Å². The Balaban J connectivity index is 1.99. The summed E-state index contributed by atoms with van der Waals surface area (Å²) in [7, 11) is -0.526. The number of aliphatic hydroxyl groups is 1. The number of nitrogens with zero attached hydrogens (tertiary/aromatic N) is 1. The molecule has 206 valence electrons. The van der Waals surface area contributed by atoms with Gasteiger partial charge in [-0.1, -0.05) is 26.8 Å². The zero-order valence-electron chi connectivity index (χ0n) is 22.5. The SMILES string of the molecule is COCC(O)=C1NNN(c2cc(C(=O)Nc3cc(C(C)(C)C)cc(N[S+](C)(=O)O)c3OC)ccc2C)C1=N. The topological polar surface area (TPSA) is 168 Å². The Morgan fingerprint density at radius 1 is 1.18 bits per heavy atom. The summed E-state index contributed by atoms with van der Waals surface area (Å²) in [5, 5.41) is 22.9. The number of anilines is 3. The first kappa shape index (κ1) is 28.9. The summed E-state index contributed by atoms with van der Waals surface area (Å²) in [4.78, 5) is 13.4. The fraction of sp³-hybridized carbons (Fsp3) is 0.360. The Kier molecular flexibility index (Phi) is 8.36. The fourth-order valence-corrected chi connectivity index (χ4v) is 4.34. The number of amidine groups is 1. The third kappa shape index (κ3) is 6.42. The number of methoxy groups -OCH3 is 2. The van der Waals surface area contributed by atoms with E-state index < -0.39 is 16.3 Å². The van der Waals surface area contributed by atoms with Crippen molar-refractivity contribution in [2.24, 2.45) is 0 Å². The summed E-state index contributed by atoms with van der Waals surface area (Å²) in [6.07, 6.45) is 1.15. The highest BCUT2D eigenvalue weighted by molar-refractivity contribution is 7.98. The van der Waals surface area contributed by atoms with Crippen molar-refractivity contribution in [3.63, 3.8) is 0 Å². The normalized spacial score (nSPS) is 16.5. The second-order valence-corrected chi connectivity index (χ2v) is 11.7. The van der Waals surface area contributed by atoms with Crippen LogP contribution in [0.5, 0.6) is 5.75 Å². The van der Waals surface area contributed by atoms with E-state index in [1.165, 1.54) is 19.2 Å². The van der Waals surface area contributed by atoms with Gasteiger partial charge in [0.1, 0.15) is 23.8 Å². The zero-order valence-corrected chi connectivity index (χ0v) is 23.3. The molecule has 1 aliphatic heterocycles. The Morgan fingerprint density at radius 3 is 2.42 bits per heavy atom. The van der Waals surface area contributed by atoms with E-state index >= 15 is 0 Å². The molecule has 0 radical (unpaired) electrons. The molecule has 1 aliphatic rings. The number of ether oxygens (including phenoxy) is 2. The molecule has 7 N–H and O–H groups in total. The summed E-state index contributed by atoms with van der Waals surface area (Å²) in [6.45, 7) is 7.71. The number of amides is 1. The van der Waals surface area contributed by atoms with Crippen molar-refractivity contribution in [1.29, 1.82) is 5.41 Å². The lowest BCUT2D eigenvalue weighted by atomic mass is 9.86. The van der Waals surface area contributed by atoms with Crippen LogP contribution in [0.25, 0.3) is 0 Å². The number of rotatable bonds is 8. The van der Waals surface area contributed by atoms with Crippen LogP contribution in [0.1, 0.15) is 42.3 Å². The highest BCUT2D eigenvalue weighted by atomic mass is 32.3. The van der Waals surface area contributed by atoms with E-state index in [9.17, 15) is 18.7 Å². The van der Waals surface area contributed by atoms with Crippen LogP contribution in [0.15, 0.2) is 41.8 Å². The minimum Gasteiger partial charge on any atom is -0.507 e. The van der Waals surface area contributed by atoms with Gasteiger partial charge >= 0.3 is 10.4 Å². The van der Waals surface area contributed by atoms with Crippen LogP contribution in [0, 0.1) is 12.3 Å². The van der Waals surface area contributed by atoms with E-state index in [0.29, 0.717) is 11.4 Å². The molecule has 1 fully saturated rings. The van der Waals surface area contributed by atoms with Gasteiger partial charge in [0.2, 0.25) is 0 Å². The van der Waals surface area contributed by atoms with Gasteiger partial charge in [0.25, 0.3) is 5.91 Å². The van der Waals surface area contributed by atoms with E-state index in [4.69, 9.17) is 14.9 Å². The molecule has 2 aromatic carbocycles. The van der Waals surface area contributed by atoms with Gasteiger partial charge in [-0.15, -0.1) is 5.53 Å². The van der Waals surface area contributed by atoms with Gasteiger partial charge in [0.05, 0.1) is 18.5 Å². The third-order valence-corrected chi connectivity index (χ3v) is 6.34. The number of nitrogens with one attached hydrogen (secondary N) is 5. The number of carbonyl (C=O) groups is 1. The van der Waals surface area contributed by atoms with Crippen molar-refractivity contribution in [3.8, 4) is 5.75 Å². The maximum Gasteiger partial charge on any atom is 0.307 e. The van der Waals surface area contributed by atoms with Crippen LogP contribution in [0.2, 0.25) is 0 Å². The number of hydrogen-bond acceptors (Lipinski definition) is 8. The minimum atomic E-state index is -3.37. The summed E-state index contributed by atoms with van der Waals surface area (Å²) >= 11 is 0. The van der Waals surface area contributed by atoms with Crippen LogP contribution in [0.3, 0.4) is 0 Å². The molecule has 0 spiro atoms. The third-order valence-electron chi connectivity index (χ3n) is 5.74. The lowest BCUT2D eigenvalue weighted by Gasteiger charge is -2.23. The van der Waals surface area contributed by atoms with Gasteiger partial charge in [0, 0.05) is 12.7 Å². The summed E-state index contributed by atoms with van der Waals surface area (Å²) in [5.41, 5.74) is 8.35. The summed E-state index contributed by atoms with van der Waals surface area (Å²) in [6, 6.07) is 8.48. The molecule has 3 rings (SSSR count). The van der Waals surface area contributed by atoms with Gasteiger partial charge < -0.3 is 19.9 Å². The molecule has 1 heterocycles. The number of carbonyl (C=O) groups excluding carboxylic acids is 1. The Bertz CT molecular complexity index is 1330. The van der Waals surface area contributed by atoms with Crippen LogP contribution in [-0.2, 0) is 24.8 Å². The standard InChI is InChI=1S/C25H34N6O6S/c1-14-8-9-15(10-19(14)31-23(26)21(28-30-31)20(32)13-36-5)24(33)27-17-11-16(25(2,3)4)12-18(22(17)37-6)29-38(7,34)35/h8-12,28,30H,13H2,1-7H3,(H4-,26,27,29,32,33,34,35)/p+1. The van der Waals surface area contributed by atoms with E-state index in [1.54, 1.807) is 30.3 Å². The molecule has 1 amide bonds. The fourth-order valence-electron chi connectivity index (χ4n) is 3.78. The van der Waals surface area contributed by atoms with E-state index in [-0.39, 0.29) is 46.3 Å². The molecule has 0 saturated carbocycles. The number of hydrazine groups is 2. The highest BCUT2D eigenvalue weighted by Crippen LogP contribution is 2.39. The summed E-state index contributed by atoms with van der Waals surface area (Å²) in [5.74, 6) is -0.451. The maximum atomic E-state index is 13.4. The molecule has 0 aromatic heterocycles. The molecule has 2 aromatic rings. The second-order valence-electron chi connectivity index (χ2n) is 9.89. The lowest BCUT2D eigenvalue weighted by molar-refractivity contribution is 0.102. The molecule has 0 aliphatic carbocycles. The summed E-state index contributed by atoms with van der Waals surface area (Å²) < 4.78 is 35.0. The molecular formula is C25H35N6O6S+. The van der Waals surface area contributed by atoms with Crippen molar-refractivity contribution in [2.75, 3.05) is 42.1 Å². The predicted octanol–water partition coefficient (Wildman–Crippen LogP) is 3.71. The van der Waals surface area contributed by atoms with Crippen molar-refractivity contribution in [3.05, 3.63) is 58.5 Å². The Labute approximate surface area is 223 Å². The molecule has 1 atom stereocenters. The van der Waals surface area contributed by atoms with Crippen LogP contribution < -0.4 is 30.7 Å². The molecule has 13 heteroatoms. The molecule has 1 saturated heterocycles. The average Bonchev–Trinajstić information content (AvgIpc) is 3.18. The lowest BCUT2D eigenvalue weighted by Crippen LogP contribution is -2.38. The number of benzene rings is 2. The Morgan fingerprint density at radius 2 is 1.84 bits per heavy atom. The zero-order chi connectivity index (χ0) is 28.4. The largest absolute Gasteiger partial charge is 0.507 e. The second kappa shape index (κ2) is 11.0. The van der Waals surface area contributed by atoms with Crippen LogP contribution >= 0.6 is 0 Å². The molecule has 38 heavy (non-hydrogen) atoms. The maximum absolute atomic E-state index is 13.4. The first-order valence-electron chi connectivity index (χ1n) is 11.6. The monoisotopic (exact) mass is 547 g/mol. The van der Waals surface area contributed by atoms with Crippen molar-refractivity contribution in [2.45, 2.75) is 33.1 Å². The quantitative estimate of drug-likeness (QED) is 0.192. The minimum absolute atomic E-state index is 0.0531. The van der Waals surface area contributed by atoms with Gasteiger partial charge in [-0.3, -0.25) is 15.6 Å². The van der Waals surface area contributed by atoms with Gasteiger partial charge in [-0.25, -0.2) is 5.01 Å². The first-order chi connectivity index (χ1) is 17.7. The van der Waals surface area contributed by atoms with Crippen molar-refractivity contribution in [1.82, 2.24) is 11.0 Å². The van der Waals surface area contributed by atoms with E-state index in [0.717, 1.165) is 17.4 Å². The van der Waals surface area contributed by atoms with Crippen molar-refractivity contribution >= 4 is 39.2 Å². The average molecular weight is 548 g/mol. The van der Waals surface area contributed by atoms with Crippen LogP contribution in [-0.4, -0.2) is 48.5 Å². The van der Waals surface area contributed by atoms with Gasteiger partial charge in [0.15, 0.2) is 17.8 Å². The first-order valence-corrected chi connectivity index (χ1v) is 13.5. The van der Waals surface area contributed by atoms with Crippen LogP contribution in [0.4, 0.5) is 17.1 Å². The predicted molar refractivity (Wildman–Crippen MR) is 149 cm³/mol. The van der Waals surface area contributed by atoms with Gasteiger partial charge in [-0.2, -0.15) is 9.27 Å². The molecule has 12 nitrogen and oxygen atoms in total. The number of aliphatic hydroxyl groups excluding tert-OH is 1. The number of hydrogen-bond donors (Lipinski definition) is 7. The van der Waals surface area contributed by atoms with Gasteiger partial charge in [-0.05, 0) is 51.9 Å². The molecule has 1 unspecified atom stereocenters. The highest BCUT2D eigenvalue weighted by Gasteiger charge is 2.29. The molecule has 0 bridgehead atoms. The van der Waals surface area contributed by atoms with E-state index in [1.807, 2.05) is 27.7 Å². The smallest absolute Gasteiger partial charge is 0.307 e.